The summed E-state index contributed by atoms with van der Waals surface area (Å²) in [5, 5.41) is 7.05. The average Bonchev–Trinajstić information content (AvgIpc) is 3.10. The van der Waals surface area contributed by atoms with E-state index in [1.54, 1.807) is 17.5 Å². The van der Waals surface area contributed by atoms with Gasteiger partial charge in [-0.2, -0.15) is 11.3 Å². The summed E-state index contributed by atoms with van der Waals surface area (Å²) < 4.78 is 5.33. The summed E-state index contributed by atoms with van der Waals surface area (Å²) in [6.45, 7) is 5.11. The number of ether oxygens (including phenoxy) is 1. The van der Waals surface area contributed by atoms with Crippen LogP contribution in [0.2, 0.25) is 0 Å². The highest BCUT2D eigenvalue weighted by Gasteiger charge is 2.15. The molecule has 0 unspecified atom stereocenters. The second kappa shape index (κ2) is 6.89. The van der Waals surface area contributed by atoms with Crippen LogP contribution in [0.1, 0.15) is 28.9 Å². The Hall–Kier alpha value is -1.92. The van der Waals surface area contributed by atoms with Crippen molar-refractivity contribution in [2.75, 3.05) is 31.2 Å². The number of carbonyl (C=O) groups is 1. The summed E-state index contributed by atoms with van der Waals surface area (Å²) in [5.74, 6) is 0.797. The largest absolute Gasteiger partial charge is 0.378 e. The Morgan fingerprint density at radius 2 is 2.18 bits per heavy atom. The lowest BCUT2D eigenvalue weighted by atomic mass is 10.1. The number of pyridine rings is 1. The molecule has 0 radical (unpaired) electrons. The zero-order valence-corrected chi connectivity index (χ0v) is 13.3. The fourth-order valence-corrected chi connectivity index (χ4v) is 3.14. The summed E-state index contributed by atoms with van der Waals surface area (Å²) in [7, 11) is 0. The highest BCUT2D eigenvalue weighted by molar-refractivity contribution is 7.07. The topological polar surface area (TPSA) is 54.5 Å². The zero-order chi connectivity index (χ0) is 15.4. The molecule has 1 amide bonds. The number of carbonyl (C=O) groups excluding carboxylic acids is 1. The molecule has 0 aromatic carbocycles. The van der Waals surface area contributed by atoms with Gasteiger partial charge in [-0.25, -0.2) is 4.98 Å². The van der Waals surface area contributed by atoms with Crippen LogP contribution in [0.15, 0.2) is 35.2 Å². The van der Waals surface area contributed by atoms with Crippen LogP contribution in [0.5, 0.6) is 0 Å². The Bertz CT molecular complexity index is 607. The van der Waals surface area contributed by atoms with Crippen molar-refractivity contribution >= 4 is 23.1 Å². The van der Waals surface area contributed by atoms with Gasteiger partial charge in [0.1, 0.15) is 5.82 Å². The quantitative estimate of drug-likeness (QED) is 0.941. The molecule has 1 N–H and O–H groups in total. The molecule has 0 spiro atoms. The van der Waals surface area contributed by atoms with Gasteiger partial charge in [0, 0.05) is 19.3 Å². The first-order chi connectivity index (χ1) is 10.7. The minimum Gasteiger partial charge on any atom is -0.378 e. The molecule has 2 aromatic rings. The molecule has 1 aliphatic heterocycles. The van der Waals surface area contributed by atoms with Crippen LogP contribution in [-0.2, 0) is 4.74 Å². The van der Waals surface area contributed by atoms with E-state index in [4.69, 9.17) is 4.74 Å². The van der Waals surface area contributed by atoms with Gasteiger partial charge in [-0.15, -0.1) is 0 Å². The van der Waals surface area contributed by atoms with Crippen LogP contribution in [0.3, 0.4) is 0 Å². The normalized spacial score (nSPS) is 16.3. The molecule has 3 rings (SSSR count). The average molecular weight is 317 g/mol. The van der Waals surface area contributed by atoms with Crippen LogP contribution < -0.4 is 10.2 Å². The van der Waals surface area contributed by atoms with Crippen molar-refractivity contribution in [2.24, 2.45) is 0 Å². The molecule has 0 saturated carbocycles. The van der Waals surface area contributed by atoms with Crippen LogP contribution in [0, 0.1) is 0 Å². The van der Waals surface area contributed by atoms with Gasteiger partial charge in [0.15, 0.2) is 0 Å². The van der Waals surface area contributed by atoms with E-state index in [1.165, 1.54) is 0 Å². The number of amides is 1. The molecule has 2 aromatic heterocycles. The number of rotatable bonds is 4. The van der Waals surface area contributed by atoms with Crippen LogP contribution >= 0.6 is 11.3 Å². The smallest absolute Gasteiger partial charge is 0.253 e. The van der Waals surface area contributed by atoms with Gasteiger partial charge in [0.2, 0.25) is 0 Å². The van der Waals surface area contributed by atoms with Crippen molar-refractivity contribution in [3.05, 3.63) is 46.3 Å². The molecular weight excluding hydrogens is 298 g/mol. The summed E-state index contributed by atoms with van der Waals surface area (Å²) in [5.41, 5.74) is 1.70. The fourth-order valence-electron chi connectivity index (χ4n) is 2.38. The summed E-state index contributed by atoms with van der Waals surface area (Å²) in [4.78, 5) is 18.8. The fraction of sp³-hybridized carbons (Fsp3) is 0.375. The van der Waals surface area contributed by atoms with Gasteiger partial charge in [0.05, 0.1) is 24.8 Å². The lowest BCUT2D eigenvalue weighted by Crippen LogP contribution is -2.36. The van der Waals surface area contributed by atoms with Crippen molar-refractivity contribution in [1.82, 2.24) is 10.3 Å². The first kappa shape index (κ1) is 15.0. The molecule has 22 heavy (non-hydrogen) atoms. The molecule has 1 fully saturated rings. The van der Waals surface area contributed by atoms with Crippen LogP contribution in [-0.4, -0.2) is 37.2 Å². The number of morpholine rings is 1. The van der Waals surface area contributed by atoms with Crippen LogP contribution in [0.25, 0.3) is 0 Å². The van der Waals surface area contributed by atoms with Crippen molar-refractivity contribution < 1.29 is 9.53 Å². The van der Waals surface area contributed by atoms with Gasteiger partial charge in [-0.1, -0.05) is 0 Å². The third-order valence-electron chi connectivity index (χ3n) is 3.74. The first-order valence-electron chi connectivity index (χ1n) is 7.36. The third kappa shape index (κ3) is 3.45. The van der Waals surface area contributed by atoms with Crippen molar-refractivity contribution in [3.8, 4) is 0 Å². The van der Waals surface area contributed by atoms with E-state index in [0.717, 1.165) is 37.7 Å². The molecule has 6 heteroatoms. The number of hydrogen-bond acceptors (Lipinski definition) is 5. The molecular formula is C16H19N3O2S. The number of aromatic nitrogens is 1. The zero-order valence-electron chi connectivity index (χ0n) is 12.5. The molecule has 3 heterocycles. The minimum absolute atomic E-state index is 0.00216. The van der Waals surface area contributed by atoms with Crippen LogP contribution in [0.4, 0.5) is 5.82 Å². The highest BCUT2D eigenvalue weighted by Crippen LogP contribution is 2.17. The van der Waals surface area contributed by atoms with Gasteiger partial charge in [0.25, 0.3) is 5.91 Å². The van der Waals surface area contributed by atoms with Gasteiger partial charge >= 0.3 is 0 Å². The number of hydrogen-bond donors (Lipinski definition) is 1. The second-order valence-corrected chi connectivity index (χ2v) is 6.04. The number of thiophene rings is 1. The Balaban J connectivity index is 1.63. The van der Waals surface area contributed by atoms with Crippen molar-refractivity contribution in [2.45, 2.75) is 13.0 Å². The predicted octanol–water partition coefficient (Wildman–Crippen LogP) is 2.47. The van der Waals surface area contributed by atoms with E-state index in [2.05, 4.69) is 15.2 Å². The maximum Gasteiger partial charge on any atom is 0.253 e. The van der Waals surface area contributed by atoms with Gasteiger partial charge < -0.3 is 15.0 Å². The van der Waals surface area contributed by atoms with E-state index in [9.17, 15) is 4.79 Å². The number of nitrogens with zero attached hydrogens (tertiary/aromatic N) is 2. The lowest BCUT2D eigenvalue weighted by molar-refractivity contribution is 0.0939. The standard InChI is InChI=1S/C16H19N3O2S/c1-12(14-4-9-22-11-14)18-16(20)13-2-3-15(17-10-13)19-5-7-21-8-6-19/h2-4,9-12H,5-8H2,1H3,(H,18,20)/t12-/m1/s1. The first-order valence-corrected chi connectivity index (χ1v) is 8.30. The van der Waals surface area contributed by atoms with E-state index in [1.807, 2.05) is 35.9 Å². The molecule has 1 saturated heterocycles. The molecule has 0 aliphatic carbocycles. The molecule has 5 nitrogen and oxygen atoms in total. The Morgan fingerprint density at radius 3 is 2.82 bits per heavy atom. The minimum atomic E-state index is -0.0975. The Labute approximate surface area is 133 Å². The highest BCUT2D eigenvalue weighted by atomic mass is 32.1. The SMILES string of the molecule is C[C@@H](NC(=O)c1ccc(N2CCOCC2)nc1)c1ccsc1. The van der Waals surface area contributed by atoms with Crippen molar-refractivity contribution in [1.29, 1.82) is 0 Å². The van der Waals surface area contributed by atoms with E-state index < -0.39 is 0 Å². The maximum absolute atomic E-state index is 12.3. The molecule has 0 bridgehead atoms. The van der Waals surface area contributed by atoms with Crippen molar-refractivity contribution in [3.63, 3.8) is 0 Å². The Morgan fingerprint density at radius 1 is 1.36 bits per heavy atom. The van der Waals surface area contributed by atoms with Gasteiger partial charge in [-0.05, 0) is 41.4 Å². The second-order valence-electron chi connectivity index (χ2n) is 5.26. The lowest BCUT2D eigenvalue weighted by Gasteiger charge is -2.27. The number of nitrogens with one attached hydrogen (secondary N) is 1. The predicted molar refractivity (Wildman–Crippen MR) is 87.5 cm³/mol. The molecule has 1 aliphatic rings. The summed E-state index contributed by atoms with van der Waals surface area (Å²) >= 11 is 1.63. The summed E-state index contributed by atoms with van der Waals surface area (Å²) in [6.07, 6.45) is 1.64. The van der Waals surface area contributed by atoms with E-state index in [0.29, 0.717) is 5.56 Å². The monoisotopic (exact) mass is 317 g/mol. The maximum atomic E-state index is 12.3. The molecule has 116 valence electrons. The summed E-state index contributed by atoms with van der Waals surface area (Å²) in [6, 6.07) is 5.75. The van der Waals surface area contributed by atoms with E-state index in [-0.39, 0.29) is 11.9 Å². The Kier molecular flexibility index (Phi) is 4.70. The third-order valence-corrected chi connectivity index (χ3v) is 4.44. The van der Waals surface area contributed by atoms with Gasteiger partial charge in [-0.3, -0.25) is 4.79 Å². The van der Waals surface area contributed by atoms with E-state index >= 15 is 0 Å². The number of anilines is 1. The molecule has 1 atom stereocenters.